The first-order valence-electron chi connectivity index (χ1n) is 13.8. The van der Waals surface area contributed by atoms with Crippen LogP contribution < -0.4 is 29.1 Å². The second-order valence-corrected chi connectivity index (χ2v) is 11.0. The van der Waals surface area contributed by atoms with Gasteiger partial charge in [0.25, 0.3) is 5.56 Å². The summed E-state index contributed by atoms with van der Waals surface area (Å²) in [5.74, 6) is 1.19. The highest BCUT2D eigenvalue weighted by Crippen LogP contribution is 2.34. The quantitative estimate of drug-likeness (QED) is 0.220. The van der Waals surface area contributed by atoms with Crippen LogP contribution in [0.5, 0.6) is 17.2 Å². The largest absolute Gasteiger partial charge is 0.494 e. The number of aromatic nitrogens is 1. The second-order valence-electron chi connectivity index (χ2n) is 9.60. The summed E-state index contributed by atoms with van der Waals surface area (Å²) in [6.07, 6.45) is 1.76. The molecule has 0 spiro atoms. The van der Waals surface area contributed by atoms with Gasteiger partial charge in [-0.25, -0.2) is 9.79 Å². The maximum Gasteiger partial charge on any atom is 0.338 e. The van der Waals surface area contributed by atoms with Crippen molar-refractivity contribution in [3.63, 3.8) is 0 Å². The SMILES string of the molecule is CCOC(=O)C1=C(C)N=c2s/c(=C\c3cccc(OC)c3OCc3cccc(Cl)c3)c(=O)n2[C@H]1c1ccc(OCC)cc1. The van der Waals surface area contributed by atoms with Gasteiger partial charge in [0, 0.05) is 10.6 Å². The van der Waals surface area contributed by atoms with Crippen molar-refractivity contribution in [1.82, 2.24) is 4.57 Å². The van der Waals surface area contributed by atoms with Crippen molar-refractivity contribution in [2.24, 2.45) is 4.99 Å². The van der Waals surface area contributed by atoms with Gasteiger partial charge in [0.15, 0.2) is 16.3 Å². The molecule has 0 fully saturated rings. The number of carbonyl (C=O) groups excluding carboxylic acids is 1. The molecule has 222 valence electrons. The number of hydrogen-bond donors (Lipinski definition) is 0. The van der Waals surface area contributed by atoms with Gasteiger partial charge >= 0.3 is 5.97 Å². The van der Waals surface area contributed by atoms with E-state index in [9.17, 15) is 9.59 Å². The van der Waals surface area contributed by atoms with Gasteiger partial charge in [-0.05, 0) is 68.3 Å². The fourth-order valence-electron chi connectivity index (χ4n) is 4.91. The number of hydrogen-bond acceptors (Lipinski definition) is 8. The maximum atomic E-state index is 14.1. The lowest BCUT2D eigenvalue weighted by atomic mass is 9.96. The lowest BCUT2D eigenvalue weighted by molar-refractivity contribution is -0.139. The number of esters is 1. The van der Waals surface area contributed by atoms with E-state index < -0.39 is 12.0 Å². The molecule has 0 saturated heterocycles. The standard InChI is InChI=1S/C33H31ClN2O6S/c1-5-40-25-15-13-22(14-16-25)29-28(32(38)41-6-2)20(3)35-33-36(29)31(37)27(43-33)18-23-10-8-12-26(39-4)30(23)42-19-21-9-7-11-24(34)17-21/h7-18,29H,5-6,19H2,1-4H3/b27-18-/t29-/m0/s1. The smallest absolute Gasteiger partial charge is 0.338 e. The van der Waals surface area contributed by atoms with Crippen molar-refractivity contribution in [3.05, 3.63) is 119 Å². The highest BCUT2D eigenvalue weighted by Gasteiger charge is 2.33. The molecule has 1 aliphatic rings. The van der Waals surface area contributed by atoms with E-state index in [0.29, 0.717) is 55.0 Å². The Morgan fingerprint density at radius 2 is 1.81 bits per heavy atom. The molecule has 0 unspecified atom stereocenters. The Morgan fingerprint density at radius 3 is 2.51 bits per heavy atom. The number of ether oxygens (including phenoxy) is 4. The molecule has 5 rings (SSSR count). The van der Waals surface area contributed by atoms with Crippen LogP contribution in [0, 0.1) is 0 Å². The summed E-state index contributed by atoms with van der Waals surface area (Å²) in [6, 6.07) is 19.5. The molecular weight excluding hydrogens is 588 g/mol. The third-order valence-corrected chi connectivity index (χ3v) is 8.03. The van der Waals surface area contributed by atoms with E-state index in [1.807, 2.05) is 61.5 Å². The Balaban J connectivity index is 1.62. The third kappa shape index (κ3) is 6.38. The molecule has 2 heterocycles. The van der Waals surface area contributed by atoms with Crippen LogP contribution in [-0.2, 0) is 16.1 Å². The van der Waals surface area contributed by atoms with Crippen LogP contribution in [0.1, 0.15) is 43.5 Å². The summed E-state index contributed by atoms with van der Waals surface area (Å²) in [4.78, 5) is 32.4. The number of carbonyl (C=O) groups is 1. The third-order valence-electron chi connectivity index (χ3n) is 6.81. The molecule has 1 aromatic heterocycles. The normalized spacial score (nSPS) is 14.6. The predicted molar refractivity (Wildman–Crippen MR) is 167 cm³/mol. The number of allylic oxidation sites excluding steroid dienone is 1. The minimum atomic E-state index is -0.725. The van der Waals surface area contributed by atoms with Crippen molar-refractivity contribution < 1.29 is 23.7 Å². The second kappa shape index (κ2) is 13.3. The highest BCUT2D eigenvalue weighted by molar-refractivity contribution is 7.07. The van der Waals surface area contributed by atoms with Crippen molar-refractivity contribution in [2.45, 2.75) is 33.4 Å². The van der Waals surface area contributed by atoms with Gasteiger partial charge in [-0.1, -0.05) is 59.3 Å². The zero-order valence-electron chi connectivity index (χ0n) is 24.3. The first-order chi connectivity index (χ1) is 20.8. The van der Waals surface area contributed by atoms with Crippen LogP contribution in [0.2, 0.25) is 5.02 Å². The number of benzene rings is 3. The fraction of sp³-hybridized carbons (Fsp3) is 0.242. The van der Waals surface area contributed by atoms with Gasteiger partial charge in [-0.3, -0.25) is 9.36 Å². The molecule has 4 aromatic rings. The Labute approximate surface area is 258 Å². The zero-order chi connectivity index (χ0) is 30.5. The Bertz CT molecular complexity index is 1860. The van der Waals surface area contributed by atoms with Crippen molar-refractivity contribution >= 4 is 35.0 Å². The average Bonchev–Trinajstić information content (AvgIpc) is 3.30. The molecule has 0 saturated carbocycles. The van der Waals surface area contributed by atoms with E-state index >= 15 is 0 Å². The predicted octanol–water partition coefficient (Wildman–Crippen LogP) is 5.44. The molecule has 1 atom stereocenters. The van der Waals surface area contributed by atoms with E-state index in [4.69, 9.17) is 30.5 Å². The van der Waals surface area contributed by atoms with Gasteiger partial charge in [-0.15, -0.1) is 0 Å². The van der Waals surface area contributed by atoms with Crippen molar-refractivity contribution in [1.29, 1.82) is 0 Å². The molecule has 3 aromatic carbocycles. The molecule has 0 radical (unpaired) electrons. The molecule has 10 heteroatoms. The van der Waals surface area contributed by atoms with E-state index in [0.717, 1.165) is 11.1 Å². The number of methoxy groups -OCH3 is 1. The highest BCUT2D eigenvalue weighted by atomic mass is 35.5. The number of fused-ring (bicyclic) bond motifs is 1. The monoisotopic (exact) mass is 618 g/mol. The summed E-state index contributed by atoms with van der Waals surface area (Å²) in [5.41, 5.74) is 2.81. The van der Waals surface area contributed by atoms with Crippen molar-refractivity contribution in [2.75, 3.05) is 20.3 Å². The Hall–Kier alpha value is -4.34. The van der Waals surface area contributed by atoms with Gasteiger partial charge in [0.1, 0.15) is 12.4 Å². The molecule has 1 aliphatic heterocycles. The zero-order valence-corrected chi connectivity index (χ0v) is 25.8. The number of rotatable bonds is 10. The van der Waals surface area contributed by atoms with E-state index in [-0.39, 0.29) is 18.8 Å². The number of halogens is 1. The molecule has 8 nitrogen and oxygen atoms in total. The van der Waals surface area contributed by atoms with Crippen LogP contribution in [0.15, 0.2) is 87.8 Å². The summed E-state index contributed by atoms with van der Waals surface area (Å²) in [5, 5.41) is 0.613. The van der Waals surface area contributed by atoms with Crippen LogP contribution in [-0.4, -0.2) is 30.9 Å². The van der Waals surface area contributed by atoms with Crippen LogP contribution in [0.4, 0.5) is 0 Å². The Morgan fingerprint density at radius 1 is 1.05 bits per heavy atom. The number of para-hydroxylation sites is 1. The van der Waals surface area contributed by atoms with Gasteiger partial charge in [0.05, 0.1) is 42.2 Å². The summed E-state index contributed by atoms with van der Waals surface area (Å²) in [6.45, 7) is 6.39. The van der Waals surface area contributed by atoms with E-state index in [1.54, 1.807) is 43.7 Å². The molecule has 0 aliphatic carbocycles. The average molecular weight is 619 g/mol. The van der Waals surface area contributed by atoms with Gasteiger partial charge in [-0.2, -0.15) is 0 Å². The topological polar surface area (TPSA) is 88.4 Å². The molecule has 0 N–H and O–H groups in total. The minimum Gasteiger partial charge on any atom is -0.494 e. The number of nitrogens with zero attached hydrogens (tertiary/aromatic N) is 2. The van der Waals surface area contributed by atoms with Gasteiger partial charge in [0.2, 0.25) is 0 Å². The molecular formula is C33H31ClN2O6S. The minimum absolute atomic E-state index is 0.198. The lowest BCUT2D eigenvalue weighted by Gasteiger charge is -2.24. The van der Waals surface area contributed by atoms with Crippen molar-refractivity contribution in [3.8, 4) is 17.2 Å². The van der Waals surface area contributed by atoms with Crippen LogP contribution in [0.25, 0.3) is 6.08 Å². The van der Waals surface area contributed by atoms with Crippen LogP contribution in [0.3, 0.4) is 0 Å². The molecule has 43 heavy (non-hydrogen) atoms. The first kappa shape index (κ1) is 30.1. The summed E-state index contributed by atoms with van der Waals surface area (Å²) >= 11 is 7.40. The summed E-state index contributed by atoms with van der Waals surface area (Å²) < 4.78 is 24.8. The lowest BCUT2D eigenvalue weighted by Crippen LogP contribution is -2.39. The van der Waals surface area contributed by atoms with E-state index in [1.165, 1.54) is 11.3 Å². The maximum absolute atomic E-state index is 14.1. The van der Waals surface area contributed by atoms with Crippen LogP contribution >= 0.6 is 22.9 Å². The summed E-state index contributed by atoms with van der Waals surface area (Å²) in [7, 11) is 1.57. The fourth-order valence-corrected chi connectivity index (χ4v) is 6.16. The van der Waals surface area contributed by atoms with E-state index in [2.05, 4.69) is 4.99 Å². The molecule has 0 bridgehead atoms. The van der Waals surface area contributed by atoms with Gasteiger partial charge < -0.3 is 18.9 Å². The molecule has 0 amide bonds. The first-order valence-corrected chi connectivity index (χ1v) is 15.0. The number of thiazole rings is 1. The Kier molecular flexibility index (Phi) is 9.33.